The van der Waals surface area contributed by atoms with Crippen LogP contribution >= 0.6 is 0 Å². The molecule has 0 aromatic heterocycles. The van der Waals surface area contributed by atoms with Crippen LogP contribution in [-0.4, -0.2) is 63.1 Å². The van der Waals surface area contributed by atoms with E-state index in [2.05, 4.69) is 25.4 Å². The molecule has 0 bridgehead atoms. The normalized spacial score (nSPS) is 8.21. The van der Waals surface area contributed by atoms with Crippen molar-refractivity contribution in [2.75, 3.05) is 32.8 Å². The molecule has 0 atom stereocenters. The average Bonchev–Trinajstić information content (AvgIpc) is 2.52. The largest absolute Gasteiger partial charge is 0.678 e. The second kappa shape index (κ2) is 28.8. The van der Waals surface area contributed by atoms with Crippen LogP contribution < -0.4 is 16.0 Å². The smallest absolute Gasteiger partial charge is 0.410 e. The number of nitrogens with one attached hydrogen (secondary N) is 7. The van der Waals surface area contributed by atoms with E-state index in [1.807, 2.05) is 0 Å². The number of carbonyl (C=O) groups is 4. The molecule has 0 aliphatic heterocycles. The van der Waals surface area contributed by atoms with Gasteiger partial charge < -0.3 is 42.0 Å². The first-order chi connectivity index (χ1) is 12.2. The van der Waals surface area contributed by atoms with Gasteiger partial charge in [-0.05, 0) is 6.54 Å². The van der Waals surface area contributed by atoms with E-state index in [4.69, 9.17) is 22.9 Å². The summed E-state index contributed by atoms with van der Waals surface area (Å²) in [6.45, 7) is 5.19. The molecule has 0 aliphatic carbocycles. The Bertz CT molecular complexity index is 385. The maximum atomic E-state index is 11.2. The van der Waals surface area contributed by atoms with E-state index in [1.165, 1.54) is 0 Å². The summed E-state index contributed by atoms with van der Waals surface area (Å²) in [6.07, 6.45) is -3.14. The quantitative estimate of drug-likeness (QED) is 0.375. The van der Waals surface area contributed by atoms with Gasteiger partial charge in [-0.2, -0.15) is 13.1 Å². The minimum Gasteiger partial charge on any atom is -0.678 e. The molecule has 13 nitrogen and oxygen atoms in total. The minimum atomic E-state index is -1.08. The fourth-order valence-electron chi connectivity index (χ4n) is 0.923. The van der Waals surface area contributed by atoms with Crippen LogP contribution in [0.3, 0.4) is 0 Å². The number of amides is 4. The second-order valence-corrected chi connectivity index (χ2v) is 3.99. The molecule has 0 saturated heterocycles. The van der Waals surface area contributed by atoms with Gasteiger partial charge in [-0.3, -0.25) is 16.0 Å². The van der Waals surface area contributed by atoms with E-state index in [9.17, 15) is 19.2 Å². The minimum absolute atomic E-state index is 0. The monoisotopic (exact) mass is 555 g/mol. The number of ether oxygens (including phenoxy) is 2. The third-order valence-corrected chi connectivity index (χ3v) is 1.60. The first kappa shape index (κ1) is 38.2. The van der Waals surface area contributed by atoms with E-state index in [-0.39, 0.29) is 65.4 Å². The van der Waals surface area contributed by atoms with Crippen LogP contribution in [0.25, 0.3) is 22.9 Å². The van der Waals surface area contributed by atoms with Crippen molar-refractivity contribution < 1.29 is 94.1 Å². The van der Waals surface area contributed by atoms with Gasteiger partial charge in [0.2, 0.25) is 0 Å². The Balaban J connectivity index is -0.000000194. The molecule has 0 unspecified atom stereocenters. The van der Waals surface area contributed by atoms with E-state index in [0.29, 0.717) is 19.6 Å². The Kier molecular flexibility index (Phi) is 39.3. The number of hydrogen-bond donors (Lipinski definition) is 3. The van der Waals surface area contributed by atoms with Crippen LogP contribution in [0.4, 0.5) is 9.59 Å². The van der Waals surface area contributed by atoms with Crippen LogP contribution in [-0.2, 0) is 84.5 Å². The average molecular weight is 555 g/mol. The molecule has 7 N–H and O–H groups in total. The molecule has 4 amide bonds. The third-order valence-electron chi connectivity index (χ3n) is 1.60. The van der Waals surface area contributed by atoms with Crippen LogP contribution in [0.5, 0.6) is 0 Å². The van der Waals surface area contributed by atoms with Crippen molar-refractivity contribution in [3.05, 3.63) is 22.9 Å². The Morgan fingerprint density at radius 1 is 0.786 bits per heavy atom. The molecular weight excluding hydrogens is 528 g/mol. The maximum Gasteiger partial charge on any atom is 0.410 e. The molecule has 0 aliphatic rings. The second-order valence-electron chi connectivity index (χ2n) is 3.99. The summed E-state index contributed by atoms with van der Waals surface area (Å²) in [5, 5.41) is 6.91. The number of alkyl carbamates (subject to hydrolysis) is 2. The van der Waals surface area contributed by atoms with Gasteiger partial charge in [0.25, 0.3) is 0 Å². The fraction of sp³-hybridized carbons (Fsp3) is 0.692. The van der Waals surface area contributed by atoms with Gasteiger partial charge in [-0.25, -0.2) is 9.59 Å². The Morgan fingerprint density at radius 3 is 1.29 bits per heavy atom. The number of rotatable bonds is 8. The van der Waals surface area contributed by atoms with Crippen LogP contribution in [0.2, 0.25) is 0 Å². The van der Waals surface area contributed by atoms with Gasteiger partial charge in [0.15, 0.2) is 6.29 Å². The molecular formula is C13H27N7O6Y2-4. The standard InChI is InChI=1S/C9H17N5O6.2C2H6N.2Y/c1-2-12-7(13-8(17)19-3-5(10)15)14-9(18)20-4-6(11)16;2*1-2-3;;/h7,12H,2-4H2,1H3,(H6,10,11,13,14,15,16,17,18);2*3H,2H2,1H3;;/q;2*-1;;/p-2. The van der Waals surface area contributed by atoms with Crippen molar-refractivity contribution in [3.63, 3.8) is 0 Å². The molecule has 0 saturated carbocycles. The predicted octanol–water partition coefficient (Wildman–Crippen LogP) is 1.60. The van der Waals surface area contributed by atoms with Crippen LogP contribution in [0, 0.1) is 0 Å². The zero-order chi connectivity index (χ0) is 21.0. The van der Waals surface area contributed by atoms with E-state index in [1.54, 1.807) is 20.8 Å². The van der Waals surface area contributed by atoms with Crippen molar-refractivity contribution in [1.82, 2.24) is 16.0 Å². The first-order valence-corrected chi connectivity index (χ1v) is 7.56. The van der Waals surface area contributed by atoms with Gasteiger partial charge in [-0.1, -0.05) is 20.8 Å². The zero-order valence-electron chi connectivity index (χ0n) is 16.2. The Hall–Kier alpha value is -0.432. The van der Waals surface area contributed by atoms with Gasteiger partial charge in [0.1, 0.15) is 13.2 Å². The predicted molar refractivity (Wildman–Crippen MR) is 94.8 cm³/mol. The Morgan fingerprint density at radius 2 is 1.07 bits per heavy atom. The Labute approximate surface area is 215 Å². The molecule has 160 valence electrons. The summed E-state index contributed by atoms with van der Waals surface area (Å²) in [7, 11) is 0. The van der Waals surface area contributed by atoms with E-state index in [0.717, 1.165) is 0 Å². The summed E-state index contributed by atoms with van der Waals surface area (Å²) in [6, 6.07) is 0. The summed E-state index contributed by atoms with van der Waals surface area (Å²) < 4.78 is 8.71. The van der Waals surface area contributed by atoms with Crippen molar-refractivity contribution in [2.45, 2.75) is 27.1 Å². The van der Waals surface area contributed by atoms with Gasteiger partial charge in [0.05, 0.1) is 11.8 Å². The van der Waals surface area contributed by atoms with Gasteiger partial charge >= 0.3 is 12.2 Å². The molecule has 28 heavy (non-hydrogen) atoms. The molecule has 0 aromatic rings. The van der Waals surface area contributed by atoms with E-state index >= 15 is 0 Å². The van der Waals surface area contributed by atoms with Crippen molar-refractivity contribution in [2.24, 2.45) is 0 Å². The number of carbonyl (C=O) groups excluding carboxylic acids is 4. The third kappa shape index (κ3) is 36.5. The summed E-state index contributed by atoms with van der Waals surface area (Å²) in [5.41, 5.74) is 25.5. The molecule has 0 rings (SSSR count). The van der Waals surface area contributed by atoms with Crippen LogP contribution in [0.1, 0.15) is 20.8 Å². The zero-order valence-corrected chi connectivity index (χ0v) is 21.9. The SMILES string of the molecule is CCNC(NC(=O)OCC([NH-])=O)NC(=O)OCC([NH-])=O.CC[NH-].CC[NH-].[Y].[Y]. The maximum absolute atomic E-state index is 11.2. The van der Waals surface area contributed by atoms with Crippen molar-refractivity contribution in [1.29, 1.82) is 0 Å². The van der Waals surface area contributed by atoms with Crippen molar-refractivity contribution in [3.8, 4) is 0 Å². The molecule has 15 heteroatoms. The van der Waals surface area contributed by atoms with Crippen LogP contribution in [0.15, 0.2) is 0 Å². The molecule has 0 aromatic carbocycles. The molecule has 0 heterocycles. The van der Waals surface area contributed by atoms with Gasteiger partial charge in [0, 0.05) is 65.4 Å². The van der Waals surface area contributed by atoms with Gasteiger partial charge in [-0.15, -0.1) is 0 Å². The first-order valence-electron chi connectivity index (χ1n) is 7.56. The summed E-state index contributed by atoms with van der Waals surface area (Å²) >= 11 is 0. The fourth-order valence-corrected chi connectivity index (χ4v) is 0.923. The van der Waals surface area contributed by atoms with Crippen molar-refractivity contribution >= 4 is 24.0 Å². The number of hydrogen-bond acceptors (Lipinski definition) is 7. The topological polar surface area (TPSA) is 218 Å². The summed E-state index contributed by atoms with van der Waals surface area (Å²) in [5.74, 6) is -2.16. The molecule has 0 fully saturated rings. The summed E-state index contributed by atoms with van der Waals surface area (Å²) in [4.78, 5) is 43.0. The molecule has 2 radical (unpaired) electrons. The van der Waals surface area contributed by atoms with E-state index < -0.39 is 43.5 Å². The molecule has 0 spiro atoms.